The molecule has 0 aromatic rings. The minimum Gasteiger partial charge on any atom is -0.306 e. The van der Waals surface area contributed by atoms with Crippen LogP contribution in [-0.4, -0.2) is 31.2 Å². The van der Waals surface area contributed by atoms with Gasteiger partial charge >= 0.3 is 0 Å². The molecule has 2 aliphatic rings. The summed E-state index contributed by atoms with van der Waals surface area (Å²) in [5, 5.41) is 0. The Labute approximate surface area is 85.3 Å². The van der Waals surface area contributed by atoms with Crippen LogP contribution >= 0.6 is 0 Å². The lowest BCUT2D eigenvalue weighted by Gasteiger charge is -2.30. The molecule has 1 unspecified atom stereocenters. The van der Waals surface area contributed by atoms with Crippen molar-refractivity contribution in [3.63, 3.8) is 0 Å². The van der Waals surface area contributed by atoms with Crippen LogP contribution < -0.4 is 0 Å². The zero-order chi connectivity index (χ0) is 9.97. The Hall–Kier alpha value is -0.630. The molecular formula is C12H18FN. The first kappa shape index (κ1) is 9.91. The maximum atomic E-state index is 12.8. The summed E-state index contributed by atoms with van der Waals surface area (Å²) in [6.07, 6.45) is 8.06. The van der Waals surface area contributed by atoms with Crippen LogP contribution in [0.15, 0.2) is 23.8 Å². The van der Waals surface area contributed by atoms with Crippen LogP contribution in [0.3, 0.4) is 0 Å². The van der Waals surface area contributed by atoms with Crippen LogP contribution in [0, 0.1) is 5.92 Å². The normalized spacial score (nSPS) is 30.4. The van der Waals surface area contributed by atoms with Gasteiger partial charge < -0.3 is 4.90 Å². The topological polar surface area (TPSA) is 3.24 Å². The van der Waals surface area contributed by atoms with E-state index in [1.54, 1.807) is 6.08 Å². The van der Waals surface area contributed by atoms with Gasteiger partial charge in [-0.2, -0.15) is 0 Å². The molecule has 14 heavy (non-hydrogen) atoms. The van der Waals surface area contributed by atoms with Crippen LogP contribution in [-0.2, 0) is 0 Å². The molecule has 0 N–H and O–H groups in total. The molecule has 0 spiro atoms. The summed E-state index contributed by atoms with van der Waals surface area (Å²) >= 11 is 0. The summed E-state index contributed by atoms with van der Waals surface area (Å²) in [7, 11) is 2.17. The molecule has 1 fully saturated rings. The lowest BCUT2D eigenvalue weighted by molar-refractivity contribution is 0.239. The monoisotopic (exact) mass is 195 g/mol. The Kier molecular flexibility index (Phi) is 3.02. The molecule has 0 radical (unpaired) electrons. The summed E-state index contributed by atoms with van der Waals surface area (Å²) in [5.74, 6) is 0.676. The van der Waals surface area contributed by atoms with Crippen molar-refractivity contribution in [2.24, 2.45) is 5.92 Å². The van der Waals surface area contributed by atoms with Crippen molar-refractivity contribution in [2.45, 2.75) is 25.4 Å². The van der Waals surface area contributed by atoms with Crippen molar-refractivity contribution in [1.29, 1.82) is 0 Å². The molecule has 0 aromatic carbocycles. The summed E-state index contributed by atoms with van der Waals surface area (Å²) in [5.41, 5.74) is 1.37. The van der Waals surface area contributed by atoms with Crippen LogP contribution in [0.4, 0.5) is 4.39 Å². The maximum absolute atomic E-state index is 12.8. The highest BCUT2D eigenvalue weighted by Gasteiger charge is 2.20. The number of nitrogens with zero attached hydrogens (tertiary/aromatic N) is 1. The first-order valence-corrected chi connectivity index (χ1v) is 5.46. The van der Waals surface area contributed by atoms with Crippen molar-refractivity contribution in [1.82, 2.24) is 4.90 Å². The maximum Gasteiger partial charge on any atom is 0.122 e. The van der Waals surface area contributed by atoms with E-state index in [1.807, 2.05) is 6.08 Å². The molecule has 2 rings (SSSR count). The zero-order valence-corrected chi connectivity index (χ0v) is 8.75. The van der Waals surface area contributed by atoms with Crippen molar-refractivity contribution >= 4 is 0 Å². The van der Waals surface area contributed by atoms with Gasteiger partial charge in [0.2, 0.25) is 0 Å². The van der Waals surface area contributed by atoms with E-state index in [9.17, 15) is 4.39 Å². The lowest BCUT2D eigenvalue weighted by atomic mass is 9.86. The third-order valence-corrected chi connectivity index (χ3v) is 3.27. The summed E-state index contributed by atoms with van der Waals surface area (Å²) in [4.78, 5) is 2.36. The molecule has 0 bridgehead atoms. The van der Waals surface area contributed by atoms with Gasteiger partial charge in [0.1, 0.15) is 6.17 Å². The SMILES string of the molecule is CN1CCC(C2=CCC(F)C=C2)CC1. The highest BCUT2D eigenvalue weighted by Crippen LogP contribution is 2.28. The van der Waals surface area contributed by atoms with Crippen LogP contribution in [0.2, 0.25) is 0 Å². The Morgan fingerprint density at radius 2 is 2.07 bits per heavy atom. The fourth-order valence-corrected chi connectivity index (χ4v) is 2.26. The molecule has 1 saturated heterocycles. The molecule has 1 atom stereocenters. The van der Waals surface area contributed by atoms with Crippen molar-refractivity contribution < 1.29 is 4.39 Å². The first-order valence-electron chi connectivity index (χ1n) is 5.46. The van der Waals surface area contributed by atoms with Crippen LogP contribution in [0.25, 0.3) is 0 Å². The van der Waals surface area contributed by atoms with Gasteiger partial charge in [-0.15, -0.1) is 0 Å². The summed E-state index contributed by atoms with van der Waals surface area (Å²) < 4.78 is 12.8. The third-order valence-electron chi connectivity index (χ3n) is 3.27. The number of rotatable bonds is 1. The van der Waals surface area contributed by atoms with Gasteiger partial charge in [-0.25, -0.2) is 4.39 Å². The largest absolute Gasteiger partial charge is 0.306 e. The molecule has 1 aliphatic carbocycles. The fraction of sp³-hybridized carbons (Fsp3) is 0.667. The zero-order valence-electron chi connectivity index (χ0n) is 8.75. The van der Waals surface area contributed by atoms with E-state index in [-0.39, 0.29) is 0 Å². The molecular weight excluding hydrogens is 177 g/mol. The minimum absolute atomic E-state index is 0.582. The van der Waals surface area contributed by atoms with Crippen molar-refractivity contribution in [3.8, 4) is 0 Å². The van der Waals surface area contributed by atoms with E-state index in [2.05, 4.69) is 18.0 Å². The van der Waals surface area contributed by atoms with E-state index in [4.69, 9.17) is 0 Å². The second-order valence-electron chi connectivity index (χ2n) is 4.39. The van der Waals surface area contributed by atoms with Gasteiger partial charge in [-0.05, 0) is 44.5 Å². The predicted molar refractivity (Wildman–Crippen MR) is 57.0 cm³/mol. The number of hydrogen-bond donors (Lipinski definition) is 0. The van der Waals surface area contributed by atoms with Gasteiger partial charge in [0.05, 0.1) is 0 Å². The minimum atomic E-state index is -0.745. The van der Waals surface area contributed by atoms with E-state index >= 15 is 0 Å². The second kappa shape index (κ2) is 4.26. The average molecular weight is 195 g/mol. The molecule has 78 valence electrons. The van der Waals surface area contributed by atoms with Gasteiger partial charge in [0.15, 0.2) is 0 Å². The number of likely N-dealkylation sites (tertiary alicyclic amines) is 1. The molecule has 1 heterocycles. The van der Waals surface area contributed by atoms with E-state index in [1.165, 1.54) is 31.5 Å². The fourth-order valence-electron chi connectivity index (χ4n) is 2.26. The smallest absolute Gasteiger partial charge is 0.122 e. The quantitative estimate of drug-likeness (QED) is 0.621. The Balaban J connectivity index is 1.93. The number of alkyl halides is 1. The third kappa shape index (κ3) is 2.24. The van der Waals surface area contributed by atoms with Crippen LogP contribution in [0.1, 0.15) is 19.3 Å². The first-order chi connectivity index (χ1) is 6.75. The standard InChI is InChI=1S/C12H18FN/c1-14-8-6-11(7-9-14)10-2-4-12(13)5-3-10/h2-4,11-12H,5-9H2,1H3. The van der Waals surface area contributed by atoms with Crippen molar-refractivity contribution in [2.75, 3.05) is 20.1 Å². The van der Waals surface area contributed by atoms with Crippen LogP contribution in [0.5, 0.6) is 0 Å². The van der Waals surface area contributed by atoms with Gasteiger partial charge in [0.25, 0.3) is 0 Å². The van der Waals surface area contributed by atoms with E-state index < -0.39 is 6.17 Å². The van der Waals surface area contributed by atoms with E-state index in [0.717, 1.165) is 0 Å². The highest BCUT2D eigenvalue weighted by atomic mass is 19.1. The molecule has 0 aromatic heterocycles. The lowest BCUT2D eigenvalue weighted by Crippen LogP contribution is -2.30. The second-order valence-corrected chi connectivity index (χ2v) is 4.39. The molecule has 1 aliphatic heterocycles. The van der Waals surface area contributed by atoms with E-state index in [0.29, 0.717) is 12.3 Å². The number of halogens is 1. The number of hydrogen-bond acceptors (Lipinski definition) is 1. The summed E-state index contributed by atoms with van der Waals surface area (Å²) in [6, 6.07) is 0. The van der Waals surface area contributed by atoms with Crippen molar-refractivity contribution in [3.05, 3.63) is 23.8 Å². The highest BCUT2D eigenvalue weighted by molar-refractivity contribution is 5.27. The Morgan fingerprint density at radius 3 is 2.64 bits per heavy atom. The Morgan fingerprint density at radius 1 is 1.36 bits per heavy atom. The molecule has 1 nitrogen and oxygen atoms in total. The average Bonchev–Trinajstić information content (AvgIpc) is 2.21. The molecule has 0 amide bonds. The van der Waals surface area contributed by atoms with Gasteiger partial charge in [-0.1, -0.05) is 18.2 Å². The number of allylic oxidation sites excluding steroid dienone is 4. The van der Waals surface area contributed by atoms with Gasteiger partial charge in [-0.3, -0.25) is 0 Å². The molecule has 0 saturated carbocycles. The van der Waals surface area contributed by atoms with Gasteiger partial charge in [0, 0.05) is 6.42 Å². The molecule has 2 heteroatoms. The Bertz CT molecular complexity index is 249. The summed E-state index contributed by atoms with van der Waals surface area (Å²) in [6.45, 7) is 2.35. The number of piperidine rings is 1. The predicted octanol–water partition coefficient (Wildman–Crippen LogP) is 2.55.